The lowest BCUT2D eigenvalue weighted by molar-refractivity contribution is -0.123. The van der Waals surface area contributed by atoms with Crippen LogP contribution in [0.25, 0.3) is 0 Å². The van der Waals surface area contributed by atoms with Crippen molar-refractivity contribution in [1.29, 1.82) is 0 Å². The third-order valence-corrected chi connectivity index (χ3v) is 5.07. The molecule has 8 nitrogen and oxygen atoms in total. The van der Waals surface area contributed by atoms with E-state index in [9.17, 15) is 14.4 Å². The number of hydrogen-bond donors (Lipinski definition) is 2. The molecule has 1 heterocycles. The smallest absolute Gasteiger partial charge is 0.342 e. The minimum Gasteiger partial charge on any atom is -0.452 e. The molecule has 1 fully saturated rings. The van der Waals surface area contributed by atoms with Crippen molar-refractivity contribution in [3.8, 4) is 0 Å². The van der Waals surface area contributed by atoms with Crippen LogP contribution < -0.4 is 10.6 Å². The van der Waals surface area contributed by atoms with Gasteiger partial charge in [0.25, 0.3) is 5.91 Å². The normalized spacial score (nSPS) is 23.0. The Morgan fingerprint density at radius 3 is 2.68 bits per heavy atom. The summed E-state index contributed by atoms with van der Waals surface area (Å²) in [5, 5.41) is 8.98. The van der Waals surface area contributed by atoms with E-state index in [1.807, 2.05) is 0 Å². The Bertz CT molecular complexity index is 655. The molecule has 0 radical (unpaired) electrons. The summed E-state index contributed by atoms with van der Waals surface area (Å²) in [5.74, 6) is -0.404. The van der Waals surface area contributed by atoms with Gasteiger partial charge in [-0.3, -0.25) is 14.8 Å². The van der Waals surface area contributed by atoms with E-state index in [2.05, 4.69) is 29.6 Å². The van der Waals surface area contributed by atoms with E-state index in [1.165, 1.54) is 10.9 Å². The molecule has 1 aliphatic rings. The maximum absolute atomic E-state index is 11.9. The molecule has 0 unspecified atom stereocenters. The third-order valence-electron chi connectivity index (χ3n) is 5.07. The van der Waals surface area contributed by atoms with Crippen LogP contribution in [0, 0.1) is 18.8 Å². The SMILES string of the molecule is Cc1c(C(=O)OCC(=O)NC(=O)N[C@@H]2CCC[C@@H](C)[C@H]2C)cnn1C. The minimum atomic E-state index is -0.663. The molecule has 1 aliphatic carbocycles. The number of esters is 1. The van der Waals surface area contributed by atoms with Gasteiger partial charge in [0, 0.05) is 18.8 Å². The number of nitrogens with one attached hydrogen (secondary N) is 2. The van der Waals surface area contributed by atoms with Gasteiger partial charge in [-0.1, -0.05) is 26.7 Å². The van der Waals surface area contributed by atoms with Gasteiger partial charge in [0.05, 0.1) is 6.20 Å². The lowest BCUT2D eigenvalue weighted by Crippen LogP contribution is -2.49. The Hall–Kier alpha value is -2.38. The molecule has 0 aromatic carbocycles. The number of hydrogen-bond acceptors (Lipinski definition) is 5. The average molecular weight is 350 g/mol. The zero-order valence-electron chi connectivity index (χ0n) is 15.2. The Morgan fingerprint density at radius 2 is 2.04 bits per heavy atom. The number of carbonyl (C=O) groups is 3. The van der Waals surface area contributed by atoms with Crippen LogP contribution in [0.2, 0.25) is 0 Å². The average Bonchev–Trinajstić information content (AvgIpc) is 2.89. The molecule has 0 bridgehead atoms. The van der Waals surface area contributed by atoms with E-state index in [4.69, 9.17) is 4.74 Å². The summed E-state index contributed by atoms with van der Waals surface area (Å²) in [6.07, 6.45) is 4.51. The van der Waals surface area contributed by atoms with Crippen molar-refractivity contribution in [1.82, 2.24) is 20.4 Å². The fraction of sp³-hybridized carbons (Fsp3) is 0.647. The predicted octanol–water partition coefficient (Wildman–Crippen LogP) is 1.54. The molecule has 2 rings (SSSR count). The molecule has 0 saturated heterocycles. The van der Waals surface area contributed by atoms with E-state index in [0.29, 0.717) is 23.1 Å². The summed E-state index contributed by atoms with van der Waals surface area (Å²) in [7, 11) is 1.70. The fourth-order valence-electron chi connectivity index (χ4n) is 3.06. The number of ether oxygens (including phenoxy) is 1. The Morgan fingerprint density at radius 1 is 1.32 bits per heavy atom. The standard InChI is InChI=1S/C17H26N4O4/c1-10-6-5-7-14(11(10)2)19-17(24)20-15(22)9-25-16(23)13-8-18-21(4)12(13)3/h8,10-11,14H,5-7,9H2,1-4H3,(H2,19,20,22,24)/t10-,11-,14-/m1/s1. The van der Waals surface area contributed by atoms with Crippen molar-refractivity contribution in [3.63, 3.8) is 0 Å². The number of imide groups is 1. The van der Waals surface area contributed by atoms with Gasteiger partial charge in [-0.05, 0) is 25.2 Å². The van der Waals surface area contributed by atoms with E-state index in [0.717, 1.165) is 19.3 Å². The number of nitrogens with zero attached hydrogens (tertiary/aromatic N) is 2. The summed E-state index contributed by atoms with van der Waals surface area (Å²) >= 11 is 0. The van der Waals surface area contributed by atoms with Crippen LogP contribution in [0.5, 0.6) is 0 Å². The molecular weight excluding hydrogens is 324 g/mol. The van der Waals surface area contributed by atoms with Crippen molar-refractivity contribution in [3.05, 3.63) is 17.5 Å². The Balaban J connectivity index is 1.77. The van der Waals surface area contributed by atoms with E-state index < -0.39 is 24.5 Å². The van der Waals surface area contributed by atoms with Crippen LogP contribution in [0.3, 0.4) is 0 Å². The molecule has 25 heavy (non-hydrogen) atoms. The summed E-state index contributed by atoms with van der Waals surface area (Å²) < 4.78 is 6.47. The first-order chi connectivity index (χ1) is 11.8. The predicted molar refractivity (Wildman–Crippen MR) is 90.9 cm³/mol. The van der Waals surface area contributed by atoms with Crippen molar-refractivity contribution in [2.75, 3.05) is 6.61 Å². The zero-order chi connectivity index (χ0) is 18.6. The number of carbonyl (C=O) groups excluding carboxylic acids is 3. The van der Waals surface area contributed by atoms with Crippen LogP contribution in [-0.4, -0.2) is 40.3 Å². The van der Waals surface area contributed by atoms with Gasteiger partial charge in [0.2, 0.25) is 0 Å². The van der Waals surface area contributed by atoms with Crippen LogP contribution >= 0.6 is 0 Å². The molecular formula is C17H26N4O4. The number of amides is 3. The van der Waals surface area contributed by atoms with Gasteiger partial charge in [0.1, 0.15) is 5.56 Å². The number of urea groups is 1. The van der Waals surface area contributed by atoms with Gasteiger partial charge in [-0.25, -0.2) is 9.59 Å². The Kier molecular flexibility index (Phi) is 6.17. The van der Waals surface area contributed by atoms with Crippen molar-refractivity contribution >= 4 is 17.9 Å². The molecule has 0 spiro atoms. The third kappa shape index (κ3) is 4.80. The van der Waals surface area contributed by atoms with Crippen LogP contribution in [0.1, 0.15) is 49.2 Å². The topological polar surface area (TPSA) is 102 Å². The number of aromatic nitrogens is 2. The molecule has 0 aliphatic heterocycles. The first-order valence-electron chi connectivity index (χ1n) is 8.55. The van der Waals surface area contributed by atoms with E-state index >= 15 is 0 Å². The summed E-state index contributed by atoms with van der Waals surface area (Å²) in [4.78, 5) is 35.7. The second-order valence-electron chi connectivity index (χ2n) is 6.74. The second kappa shape index (κ2) is 8.13. The lowest BCUT2D eigenvalue weighted by Gasteiger charge is -2.34. The van der Waals surface area contributed by atoms with Gasteiger partial charge in [-0.2, -0.15) is 5.10 Å². The van der Waals surface area contributed by atoms with Gasteiger partial charge >= 0.3 is 12.0 Å². The zero-order valence-corrected chi connectivity index (χ0v) is 15.2. The minimum absolute atomic E-state index is 0.0529. The highest BCUT2D eigenvalue weighted by Gasteiger charge is 2.28. The fourth-order valence-corrected chi connectivity index (χ4v) is 3.06. The maximum Gasteiger partial charge on any atom is 0.342 e. The first kappa shape index (κ1) is 19.0. The molecule has 138 valence electrons. The highest BCUT2D eigenvalue weighted by molar-refractivity contribution is 5.97. The van der Waals surface area contributed by atoms with Crippen LogP contribution in [0.4, 0.5) is 4.79 Å². The lowest BCUT2D eigenvalue weighted by atomic mass is 9.78. The molecule has 1 aromatic heterocycles. The van der Waals surface area contributed by atoms with Gasteiger partial charge in [-0.15, -0.1) is 0 Å². The molecule has 1 saturated carbocycles. The summed E-state index contributed by atoms with van der Waals surface area (Å²) in [5.41, 5.74) is 0.938. The Labute approximate surface area is 147 Å². The molecule has 3 amide bonds. The van der Waals surface area contributed by atoms with Crippen molar-refractivity contribution in [2.24, 2.45) is 18.9 Å². The van der Waals surface area contributed by atoms with E-state index in [-0.39, 0.29) is 6.04 Å². The largest absolute Gasteiger partial charge is 0.452 e. The summed E-state index contributed by atoms with van der Waals surface area (Å²) in [6.45, 7) is 5.48. The number of aryl methyl sites for hydroxylation is 1. The highest BCUT2D eigenvalue weighted by atomic mass is 16.5. The summed E-state index contributed by atoms with van der Waals surface area (Å²) in [6, 6.07) is -0.498. The molecule has 3 atom stereocenters. The number of rotatable bonds is 4. The second-order valence-corrected chi connectivity index (χ2v) is 6.74. The van der Waals surface area contributed by atoms with Crippen LogP contribution in [-0.2, 0) is 16.6 Å². The van der Waals surface area contributed by atoms with Crippen LogP contribution in [0.15, 0.2) is 6.20 Å². The first-order valence-corrected chi connectivity index (χ1v) is 8.55. The molecule has 8 heteroatoms. The highest BCUT2D eigenvalue weighted by Crippen LogP contribution is 2.29. The van der Waals surface area contributed by atoms with Gasteiger partial charge < -0.3 is 10.1 Å². The monoisotopic (exact) mass is 350 g/mol. The molecule has 2 N–H and O–H groups in total. The van der Waals surface area contributed by atoms with E-state index in [1.54, 1.807) is 14.0 Å². The molecule has 1 aromatic rings. The van der Waals surface area contributed by atoms with Crippen molar-refractivity contribution < 1.29 is 19.1 Å². The van der Waals surface area contributed by atoms with Crippen molar-refractivity contribution in [2.45, 2.75) is 46.1 Å². The maximum atomic E-state index is 11.9. The van der Waals surface area contributed by atoms with Gasteiger partial charge in [0.15, 0.2) is 6.61 Å². The quantitative estimate of drug-likeness (QED) is 0.802.